The molecule has 0 radical (unpaired) electrons. The number of carbonyl (C=O) groups is 1. The minimum Gasteiger partial charge on any atom is -0.330 e. The van der Waals surface area contributed by atoms with E-state index in [0.717, 1.165) is 0 Å². The van der Waals surface area contributed by atoms with Crippen molar-refractivity contribution < 1.29 is 18.0 Å². The molecule has 0 bridgehead atoms. The molecule has 0 aliphatic rings. The van der Waals surface area contributed by atoms with E-state index in [0.29, 0.717) is 22.9 Å². The first-order valence-corrected chi connectivity index (χ1v) is 6.36. The molecule has 1 rings (SSSR count). The second-order valence-electron chi connectivity index (χ2n) is 3.75. The van der Waals surface area contributed by atoms with Crippen LogP contribution in [0.15, 0.2) is 18.0 Å². The summed E-state index contributed by atoms with van der Waals surface area (Å²) in [5.41, 5.74) is 5.36. The number of carbonyl (C=O) groups excluding carboxylic acids is 1. The first-order valence-electron chi connectivity index (χ1n) is 5.48. The topological polar surface area (TPSA) is 59.2 Å². The number of halogens is 3. The minimum atomic E-state index is -4.45. The molecule has 0 aliphatic carbocycles. The zero-order valence-electron chi connectivity index (χ0n) is 10.1. The lowest BCUT2D eigenvalue weighted by Crippen LogP contribution is -2.39. The van der Waals surface area contributed by atoms with Gasteiger partial charge in [0.25, 0.3) is 5.91 Å². The van der Waals surface area contributed by atoms with Gasteiger partial charge in [0.15, 0.2) is 0 Å². The summed E-state index contributed by atoms with van der Waals surface area (Å²) in [6.45, 7) is 2.22. The number of nitrogens with two attached hydrogens (primary N) is 1. The van der Waals surface area contributed by atoms with Crippen molar-refractivity contribution in [2.45, 2.75) is 12.6 Å². The second kappa shape index (κ2) is 6.67. The third-order valence-electron chi connectivity index (χ3n) is 2.14. The third-order valence-corrected chi connectivity index (χ3v) is 3.04. The standard InChI is InChI=1S/C11H14F3N3OS/c1-2-5-17(7-11(12,13)14)10(18)8-6-19-9(16-8)3-4-15/h2,6H,1,3-5,7,15H2. The van der Waals surface area contributed by atoms with Crippen LogP contribution in [0.1, 0.15) is 15.5 Å². The van der Waals surface area contributed by atoms with Gasteiger partial charge >= 0.3 is 6.18 Å². The van der Waals surface area contributed by atoms with Crippen LogP contribution in [-0.2, 0) is 6.42 Å². The largest absolute Gasteiger partial charge is 0.406 e. The maximum atomic E-state index is 12.4. The van der Waals surface area contributed by atoms with Gasteiger partial charge in [-0.1, -0.05) is 6.08 Å². The molecule has 4 nitrogen and oxygen atoms in total. The smallest absolute Gasteiger partial charge is 0.330 e. The van der Waals surface area contributed by atoms with Crippen molar-refractivity contribution in [1.29, 1.82) is 0 Å². The number of alkyl halides is 3. The Balaban J connectivity index is 2.82. The molecule has 0 saturated heterocycles. The predicted molar refractivity (Wildman–Crippen MR) is 67.0 cm³/mol. The van der Waals surface area contributed by atoms with Crippen molar-refractivity contribution in [1.82, 2.24) is 9.88 Å². The average Bonchev–Trinajstić information content (AvgIpc) is 2.75. The van der Waals surface area contributed by atoms with Gasteiger partial charge in [-0.25, -0.2) is 4.98 Å². The fraction of sp³-hybridized carbons (Fsp3) is 0.455. The number of hydrogen-bond acceptors (Lipinski definition) is 4. The molecule has 0 aromatic carbocycles. The summed E-state index contributed by atoms with van der Waals surface area (Å²) in [4.78, 5) is 16.6. The monoisotopic (exact) mass is 293 g/mol. The fourth-order valence-corrected chi connectivity index (χ4v) is 2.19. The molecule has 0 saturated carbocycles. The minimum absolute atomic E-state index is 0.0135. The zero-order valence-corrected chi connectivity index (χ0v) is 10.9. The lowest BCUT2D eigenvalue weighted by atomic mass is 10.3. The highest BCUT2D eigenvalue weighted by molar-refractivity contribution is 7.09. The molecule has 0 fully saturated rings. The van der Waals surface area contributed by atoms with Gasteiger partial charge in [-0.3, -0.25) is 4.79 Å². The van der Waals surface area contributed by atoms with Gasteiger partial charge in [0, 0.05) is 18.3 Å². The van der Waals surface area contributed by atoms with Gasteiger partial charge in [0.1, 0.15) is 12.2 Å². The van der Waals surface area contributed by atoms with Crippen molar-refractivity contribution >= 4 is 17.2 Å². The van der Waals surface area contributed by atoms with Crippen LogP contribution >= 0.6 is 11.3 Å². The van der Waals surface area contributed by atoms with Crippen LogP contribution < -0.4 is 5.73 Å². The molecule has 0 aliphatic heterocycles. The molecule has 0 unspecified atom stereocenters. The van der Waals surface area contributed by atoms with Crippen LogP contribution in [0, 0.1) is 0 Å². The molecule has 106 valence electrons. The first kappa shape index (κ1) is 15.6. The fourth-order valence-electron chi connectivity index (χ4n) is 1.40. The van der Waals surface area contributed by atoms with Gasteiger partial charge in [0.2, 0.25) is 0 Å². The van der Waals surface area contributed by atoms with E-state index < -0.39 is 18.6 Å². The summed E-state index contributed by atoms with van der Waals surface area (Å²) in [7, 11) is 0. The summed E-state index contributed by atoms with van der Waals surface area (Å²) in [5.74, 6) is -0.753. The molecular formula is C11H14F3N3OS. The van der Waals surface area contributed by atoms with E-state index in [1.165, 1.54) is 22.8 Å². The van der Waals surface area contributed by atoms with Crippen LogP contribution in [0.3, 0.4) is 0 Å². The predicted octanol–water partition coefficient (Wildman–Crippen LogP) is 1.83. The highest BCUT2D eigenvalue weighted by Gasteiger charge is 2.33. The van der Waals surface area contributed by atoms with Gasteiger partial charge in [-0.2, -0.15) is 13.2 Å². The molecule has 1 amide bonds. The second-order valence-corrected chi connectivity index (χ2v) is 4.70. The SMILES string of the molecule is C=CCN(CC(F)(F)F)C(=O)c1csc(CCN)n1. The van der Waals surface area contributed by atoms with Crippen molar-refractivity contribution in [3.8, 4) is 0 Å². The maximum Gasteiger partial charge on any atom is 0.406 e. The van der Waals surface area contributed by atoms with Gasteiger partial charge in [-0.05, 0) is 6.54 Å². The average molecular weight is 293 g/mol. The number of thiazole rings is 1. The van der Waals surface area contributed by atoms with E-state index in [9.17, 15) is 18.0 Å². The van der Waals surface area contributed by atoms with Gasteiger partial charge in [0.05, 0.1) is 5.01 Å². The number of aromatic nitrogens is 1. The highest BCUT2D eigenvalue weighted by atomic mass is 32.1. The van der Waals surface area contributed by atoms with Crippen LogP contribution in [0.25, 0.3) is 0 Å². The summed E-state index contributed by atoms with van der Waals surface area (Å²) < 4.78 is 37.1. The van der Waals surface area contributed by atoms with Crippen molar-refractivity contribution in [2.24, 2.45) is 5.73 Å². The summed E-state index contributed by atoms with van der Waals surface area (Å²) in [5, 5.41) is 2.08. The molecule has 1 aromatic heterocycles. The van der Waals surface area contributed by atoms with Crippen LogP contribution in [0.4, 0.5) is 13.2 Å². The van der Waals surface area contributed by atoms with Crippen LogP contribution in [0.5, 0.6) is 0 Å². The molecule has 1 aromatic rings. The summed E-state index contributed by atoms with van der Waals surface area (Å²) in [6, 6.07) is 0. The van der Waals surface area contributed by atoms with Crippen LogP contribution in [-0.4, -0.2) is 41.6 Å². The number of nitrogens with zero attached hydrogens (tertiary/aromatic N) is 2. The molecular weight excluding hydrogens is 279 g/mol. The number of amides is 1. The van der Waals surface area contributed by atoms with Crippen LogP contribution in [0.2, 0.25) is 0 Å². The Morgan fingerprint density at radius 1 is 1.58 bits per heavy atom. The van der Waals surface area contributed by atoms with Crippen molar-refractivity contribution in [2.75, 3.05) is 19.6 Å². The molecule has 0 atom stereocenters. The summed E-state index contributed by atoms with van der Waals surface area (Å²) >= 11 is 1.21. The first-order chi connectivity index (χ1) is 8.87. The molecule has 2 N–H and O–H groups in total. The quantitative estimate of drug-likeness (QED) is 0.814. The lowest BCUT2D eigenvalue weighted by Gasteiger charge is -2.21. The normalized spacial score (nSPS) is 11.4. The molecule has 19 heavy (non-hydrogen) atoms. The van der Waals surface area contributed by atoms with Crippen molar-refractivity contribution in [3.05, 3.63) is 28.7 Å². The zero-order chi connectivity index (χ0) is 14.5. The maximum absolute atomic E-state index is 12.4. The van der Waals surface area contributed by atoms with E-state index in [1.807, 2.05) is 0 Å². The molecule has 0 spiro atoms. The Morgan fingerprint density at radius 3 is 2.79 bits per heavy atom. The van der Waals surface area contributed by atoms with Gasteiger partial charge < -0.3 is 10.6 Å². The molecule has 1 heterocycles. The highest BCUT2D eigenvalue weighted by Crippen LogP contribution is 2.19. The van der Waals surface area contributed by atoms with Crippen molar-refractivity contribution in [3.63, 3.8) is 0 Å². The Kier molecular flexibility index (Phi) is 5.49. The van der Waals surface area contributed by atoms with E-state index in [4.69, 9.17) is 5.73 Å². The Bertz CT molecular complexity index is 445. The number of hydrogen-bond donors (Lipinski definition) is 1. The molecule has 8 heteroatoms. The van der Waals surface area contributed by atoms with Gasteiger partial charge in [-0.15, -0.1) is 17.9 Å². The van der Waals surface area contributed by atoms with E-state index in [1.54, 1.807) is 0 Å². The third kappa shape index (κ3) is 4.99. The number of rotatable bonds is 6. The summed E-state index contributed by atoms with van der Waals surface area (Å²) in [6.07, 6.45) is -2.70. The van der Waals surface area contributed by atoms with E-state index in [-0.39, 0.29) is 12.2 Å². The Hall–Kier alpha value is -1.41. The van der Waals surface area contributed by atoms with E-state index >= 15 is 0 Å². The van der Waals surface area contributed by atoms with E-state index in [2.05, 4.69) is 11.6 Å². The Morgan fingerprint density at radius 2 is 2.26 bits per heavy atom. The lowest BCUT2D eigenvalue weighted by molar-refractivity contribution is -0.139. The Labute approximate surface area is 112 Å².